The fraction of sp³-hybridized carbons (Fsp3) is 0.571. The van der Waals surface area contributed by atoms with Crippen LogP contribution in [0.5, 0.6) is 5.75 Å². The molecule has 0 spiro atoms. The van der Waals surface area contributed by atoms with Gasteiger partial charge in [-0.3, -0.25) is 0 Å². The lowest BCUT2D eigenvalue weighted by Crippen LogP contribution is -2.14. The van der Waals surface area contributed by atoms with E-state index in [-0.39, 0.29) is 17.9 Å². The number of ether oxygens (including phenoxy) is 1. The summed E-state index contributed by atoms with van der Waals surface area (Å²) in [7, 11) is 1.69. The summed E-state index contributed by atoms with van der Waals surface area (Å²) in [4.78, 5) is 0. The molecule has 0 aliphatic rings. The van der Waals surface area contributed by atoms with Gasteiger partial charge < -0.3 is 9.84 Å². The van der Waals surface area contributed by atoms with Gasteiger partial charge in [0.1, 0.15) is 5.75 Å². The maximum atomic E-state index is 9.18. The molecule has 2 nitrogen and oxygen atoms in total. The topological polar surface area (TPSA) is 29.5 Å². The summed E-state index contributed by atoms with van der Waals surface area (Å²) < 4.78 is 5.38. The van der Waals surface area contributed by atoms with Gasteiger partial charge in [-0.15, -0.1) is 0 Å². The van der Waals surface area contributed by atoms with Crippen LogP contribution in [0.2, 0.25) is 0 Å². The van der Waals surface area contributed by atoms with Gasteiger partial charge in [-0.25, -0.2) is 0 Å². The van der Waals surface area contributed by atoms with Crippen molar-refractivity contribution >= 4 is 0 Å². The Morgan fingerprint density at radius 2 is 1.94 bits per heavy atom. The van der Waals surface area contributed by atoms with Crippen molar-refractivity contribution in [2.75, 3.05) is 13.7 Å². The van der Waals surface area contributed by atoms with Crippen LogP contribution >= 0.6 is 0 Å². The van der Waals surface area contributed by atoms with Crippen molar-refractivity contribution in [3.8, 4) is 5.75 Å². The fourth-order valence-electron chi connectivity index (χ4n) is 1.72. The summed E-state index contributed by atoms with van der Waals surface area (Å²) in [5.74, 6) is 1.09. The van der Waals surface area contributed by atoms with E-state index in [0.29, 0.717) is 0 Å². The van der Waals surface area contributed by atoms with Crippen molar-refractivity contribution < 1.29 is 9.84 Å². The summed E-state index contributed by atoms with van der Waals surface area (Å²) >= 11 is 0. The van der Waals surface area contributed by atoms with E-state index in [1.54, 1.807) is 7.11 Å². The Morgan fingerprint density at radius 3 is 2.38 bits per heavy atom. The van der Waals surface area contributed by atoms with Gasteiger partial charge in [-0.05, 0) is 22.6 Å². The highest BCUT2D eigenvalue weighted by atomic mass is 16.5. The fourth-order valence-corrected chi connectivity index (χ4v) is 1.72. The zero-order chi connectivity index (χ0) is 12.3. The molecule has 0 aliphatic carbocycles. The molecule has 0 fully saturated rings. The number of methoxy groups -OCH3 is 1. The average Bonchev–Trinajstić information content (AvgIpc) is 2.26. The van der Waals surface area contributed by atoms with E-state index in [9.17, 15) is 5.11 Å². The van der Waals surface area contributed by atoms with E-state index < -0.39 is 0 Å². The molecule has 0 amide bonds. The Labute approximate surface area is 98.3 Å². The molecule has 1 aromatic rings. The maximum Gasteiger partial charge on any atom is 0.122 e. The van der Waals surface area contributed by atoms with Gasteiger partial charge in [0.25, 0.3) is 0 Å². The van der Waals surface area contributed by atoms with Gasteiger partial charge >= 0.3 is 0 Å². The third kappa shape index (κ3) is 2.76. The van der Waals surface area contributed by atoms with E-state index in [1.807, 2.05) is 19.1 Å². The monoisotopic (exact) mass is 222 g/mol. The molecule has 0 saturated carbocycles. The minimum Gasteiger partial charge on any atom is -0.496 e. The summed E-state index contributed by atoms with van der Waals surface area (Å²) in [6.45, 7) is 8.69. The highest BCUT2D eigenvalue weighted by Crippen LogP contribution is 2.33. The lowest BCUT2D eigenvalue weighted by molar-refractivity contribution is 0.273. The third-order valence-electron chi connectivity index (χ3n) is 2.87. The Balaban J connectivity index is 3.22. The molecule has 0 heterocycles. The second-order valence-electron chi connectivity index (χ2n) is 5.29. The summed E-state index contributed by atoms with van der Waals surface area (Å²) in [5.41, 5.74) is 2.40. The zero-order valence-corrected chi connectivity index (χ0v) is 10.9. The molecular weight excluding hydrogens is 200 g/mol. The van der Waals surface area contributed by atoms with Crippen molar-refractivity contribution in [1.82, 2.24) is 0 Å². The first-order valence-corrected chi connectivity index (χ1v) is 5.69. The summed E-state index contributed by atoms with van der Waals surface area (Å²) in [5, 5.41) is 9.18. The van der Waals surface area contributed by atoms with Crippen LogP contribution in [0, 0.1) is 0 Å². The maximum absolute atomic E-state index is 9.18. The van der Waals surface area contributed by atoms with Gasteiger partial charge in [-0.2, -0.15) is 0 Å². The van der Waals surface area contributed by atoms with Crippen molar-refractivity contribution in [1.29, 1.82) is 0 Å². The van der Waals surface area contributed by atoms with Crippen LogP contribution < -0.4 is 4.74 Å². The molecule has 0 radical (unpaired) electrons. The number of rotatable bonds is 3. The number of aliphatic hydroxyl groups is 1. The number of benzene rings is 1. The normalized spacial score (nSPS) is 13.6. The molecule has 0 aromatic heterocycles. The Bertz CT molecular complexity index is 350. The highest BCUT2D eigenvalue weighted by molar-refractivity contribution is 5.42. The third-order valence-corrected chi connectivity index (χ3v) is 2.87. The van der Waals surface area contributed by atoms with Crippen LogP contribution in [0.4, 0.5) is 0 Å². The largest absolute Gasteiger partial charge is 0.496 e. The van der Waals surface area contributed by atoms with E-state index in [4.69, 9.17) is 4.74 Å². The zero-order valence-electron chi connectivity index (χ0n) is 10.9. The highest BCUT2D eigenvalue weighted by Gasteiger charge is 2.20. The predicted octanol–water partition coefficient (Wildman–Crippen LogP) is 3.09. The van der Waals surface area contributed by atoms with Gasteiger partial charge in [-0.1, -0.05) is 39.8 Å². The number of hydrogen-bond acceptors (Lipinski definition) is 2. The van der Waals surface area contributed by atoms with Crippen LogP contribution in [0.15, 0.2) is 18.2 Å². The molecule has 0 bridgehead atoms. The smallest absolute Gasteiger partial charge is 0.122 e. The van der Waals surface area contributed by atoms with Gasteiger partial charge in [0.05, 0.1) is 7.11 Å². The number of aliphatic hydroxyl groups excluding tert-OH is 1. The Morgan fingerprint density at radius 1 is 1.31 bits per heavy atom. The summed E-state index contributed by atoms with van der Waals surface area (Å²) in [6.07, 6.45) is 0. The van der Waals surface area contributed by atoms with Gasteiger partial charge in [0.15, 0.2) is 0 Å². The molecule has 1 atom stereocenters. The molecule has 0 aliphatic heterocycles. The first-order chi connectivity index (χ1) is 7.40. The van der Waals surface area contributed by atoms with Crippen molar-refractivity contribution in [2.24, 2.45) is 0 Å². The van der Waals surface area contributed by atoms with E-state index in [0.717, 1.165) is 11.3 Å². The molecule has 0 saturated heterocycles. The first-order valence-electron chi connectivity index (χ1n) is 5.69. The lowest BCUT2D eigenvalue weighted by Gasteiger charge is -2.23. The molecule has 1 unspecified atom stereocenters. The van der Waals surface area contributed by atoms with E-state index in [2.05, 4.69) is 26.8 Å². The van der Waals surface area contributed by atoms with E-state index >= 15 is 0 Å². The minimum absolute atomic E-state index is 0.0521. The quantitative estimate of drug-likeness (QED) is 0.851. The van der Waals surface area contributed by atoms with Crippen molar-refractivity contribution in [3.05, 3.63) is 29.3 Å². The van der Waals surface area contributed by atoms with E-state index in [1.165, 1.54) is 5.56 Å². The molecule has 1 rings (SSSR count). The molecule has 90 valence electrons. The van der Waals surface area contributed by atoms with Crippen LogP contribution in [-0.4, -0.2) is 18.8 Å². The second kappa shape index (κ2) is 4.88. The summed E-state index contributed by atoms with van der Waals surface area (Å²) in [6, 6.07) is 6.15. The molecular formula is C14H22O2. The number of hydrogen-bond donors (Lipinski definition) is 1. The van der Waals surface area contributed by atoms with Gasteiger partial charge in [0, 0.05) is 12.5 Å². The lowest BCUT2D eigenvalue weighted by atomic mass is 9.84. The van der Waals surface area contributed by atoms with Gasteiger partial charge in [0.2, 0.25) is 0 Å². The van der Waals surface area contributed by atoms with Crippen molar-refractivity contribution in [3.63, 3.8) is 0 Å². The second-order valence-corrected chi connectivity index (χ2v) is 5.29. The molecule has 1 N–H and O–H groups in total. The van der Waals surface area contributed by atoms with Crippen LogP contribution in [0.3, 0.4) is 0 Å². The molecule has 16 heavy (non-hydrogen) atoms. The predicted molar refractivity (Wildman–Crippen MR) is 67.2 cm³/mol. The Hall–Kier alpha value is -1.02. The standard InChI is InChI=1S/C14H22O2/c1-10(9-15)11-6-7-13(16-5)12(8-11)14(2,3)4/h6-8,10,15H,9H2,1-5H3. The van der Waals surface area contributed by atoms with Crippen molar-refractivity contribution in [2.45, 2.75) is 39.0 Å². The molecule has 2 heteroatoms. The first kappa shape index (κ1) is 13.0. The SMILES string of the molecule is COc1ccc(C(C)CO)cc1C(C)(C)C. The molecule has 1 aromatic carbocycles. The Kier molecular flexibility index (Phi) is 3.98. The van der Waals surface area contributed by atoms with Crippen LogP contribution in [0.25, 0.3) is 0 Å². The minimum atomic E-state index is 0.0521. The van der Waals surface area contributed by atoms with Crippen LogP contribution in [0.1, 0.15) is 44.7 Å². The van der Waals surface area contributed by atoms with Crippen LogP contribution in [-0.2, 0) is 5.41 Å². The average molecular weight is 222 g/mol.